The third kappa shape index (κ3) is 5.73. The molecule has 0 aliphatic carbocycles. The third-order valence-electron chi connectivity index (χ3n) is 4.33. The summed E-state index contributed by atoms with van der Waals surface area (Å²) < 4.78 is 16.2. The molecular weight excluding hydrogens is 465 g/mol. The molecule has 1 fully saturated rings. The molecule has 6 nitrogen and oxygen atoms in total. The standard InChI is InChI=1S/C18H29N3O3S.HI/c1-6-14-12-21(7-8-25-14)18(19-2)20-11-13-9-16(23-4)17(24-5)10-15(13)22-3;/h9-10,14H,6-8,11-12H2,1-5H3,(H,19,20);1H. The van der Waals surface area contributed by atoms with Gasteiger partial charge in [0.2, 0.25) is 0 Å². The molecule has 148 valence electrons. The highest BCUT2D eigenvalue weighted by molar-refractivity contribution is 14.0. The monoisotopic (exact) mass is 495 g/mol. The summed E-state index contributed by atoms with van der Waals surface area (Å²) in [5.74, 6) is 4.18. The number of methoxy groups -OCH3 is 3. The van der Waals surface area contributed by atoms with Gasteiger partial charge in [0.05, 0.1) is 21.3 Å². The zero-order chi connectivity index (χ0) is 18.2. The Bertz CT molecular complexity index is 601. The van der Waals surface area contributed by atoms with Crippen LogP contribution in [0.2, 0.25) is 0 Å². The number of nitrogens with zero attached hydrogens (tertiary/aromatic N) is 2. The second-order valence-electron chi connectivity index (χ2n) is 5.77. The maximum absolute atomic E-state index is 5.50. The minimum absolute atomic E-state index is 0. The number of hydrogen-bond donors (Lipinski definition) is 1. The number of aliphatic imine (C=N–C) groups is 1. The summed E-state index contributed by atoms with van der Waals surface area (Å²) in [5.41, 5.74) is 1.000. The smallest absolute Gasteiger partial charge is 0.193 e. The van der Waals surface area contributed by atoms with E-state index in [1.54, 1.807) is 21.3 Å². The van der Waals surface area contributed by atoms with Crippen molar-refractivity contribution >= 4 is 41.7 Å². The number of ether oxygens (including phenoxy) is 3. The third-order valence-corrected chi connectivity index (χ3v) is 5.70. The fraction of sp³-hybridized carbons (Fsp3) is 0.611. The van der Waals surface area contributed by atoms with E-state index < -0.39 is 0 Å². The Labute approximate surface area is 178 Å². The summed E-state index contributed by atoms with van der Waals surface area (Å²) in [4.78, 5) is 6.78. The molecule has 2 rings (SSSR count). The van der Waals surface area contributed by atoms with E-state index >= 15 is 0 Å². The molecule has 1 heterocycles. The predicted octanol–water partition coefficient (Wildman–Crippen LogP) is 3.23. The lowest BCUT2D eigenvalue weighted by Crippen LogP contribution is -2.47. The van der Waals surface area contributed by atoms with E-state index in [1.165, 1.54) is 6.42 Å². The molecular formula is C18H30IN3O3S. The maximum Gasteiger partial charge on any atom is 0.193 e. The molecule has 0 amide bonds. The number of rotatable bonds is 6. The van der Waals surface area contributed by atoms with Crippen molar-refractivity contribution in [1.29, 1.82) is 0 Å². The molecule has 0 radical (unpaired) electrons. The van der Waals surface area contributed by atoms with E-state index in [4.69, 9.17) is 14.2 Å². The van der Waals surface area contributed by atoms with E-state index in [-0.39, 0.29) is 24.0 Å². The van der Waals surface area contributed by atoms with Gasteiger partial charge in [0.25, 0.3) is 0 Å². The molecule has 1 aromatic rings. The van der Waals surface area contributed by atoms with Crippen LogP contribution in [-0.2, 0) is 6.54 Å². The summed E-state index contributed by atoms with van der Waals surface area (Å²) in [6.45, 7) is 4.90. The van der Waals surface area contributed by atoms with Gasteiger partial charge in [-0.1, -0.05) is 6.92 Å². The maximum atomic E-state index is 5.50. The van der Waals surface area contributed by atoms with Crippen LogP contribution in [-0.4, -0.2) is 63.3 Å². The molecule has 0 saturated carbocycles. The molecule has 1 saturated heterocycles. The average molecular weight is 495 g/mol. The number of benzene rings is 1. The summed E-state index contributed by atoms with van der Waals surface area (Å²) in [7, 11) is 6.75. The Balaban J connectivity index is 0.00000338. The first-order valence-corrected chi connectivity index (χ1v) is 9.57. The first kappa shape index (κ1) is 23.0. The van der Waals surface area contributed by atoms with Crippen LogP contribution in [0.15, 0.2) is 17.1 Å². The number of guanidine groups is 1. The molecule has 1 atom stereocenters. The van der Waals surface area contributed by atoms with Gasteiger partial charge in [0, 0.05) is 49.3 Å². The van der Waals surface area contributed by atoms with Gasteiger partial charge in [0.1, 0.15) is 5.75 Å². The van der Waals surface area contributed by atoms with Gasteiger partial charge in [-0.15, -0.1) is 24.0 Å². The van der Waals surface area contributed by atoms with Crippen LogP contribution in [0, 0.1) is 0 Å². The predicted molar refractivity (Wildman–Crippen MR) is 120 cm³/mol. The van der Waals surface area contributed by atoms with Crippen LogP contribution < -0.4 is 19.5 Å². The van der Waals surface area contributed by atoms with Gasteiger partial charge in [-0.25, -0.2) is 0 Å². The summed E-state index contributed by atoms with van der Waals surface area (Å²) in [6.07, 6.45) is 1.18. The van der Waals surface area contributed by atoms with Crippen LogP contribution in [0.4, 0.5) is 0 Å². The van der Waals surface area contributed by atoms with E-state index in [0.29, 0.717) is 23.3 Å². The summed E-state index contributed by atoms with van der Waals surface area (Å²) >= 11 is 2.05. The Morgan fingerprint density at radius 2 is 1.85 bits per heavy atom. The van der Waals surface area contributed by atoms with Crippen molar-refractivity contribution in [3.05, 3.63) is 17.7 Å². The van der Waals surface area contributed by atoms with Gasteiger partial charge in [0.15, 0.2) is 17.5 Å². The lowest BCUT2D eigenvalue weighted by molar-refractivity contribution is 0.347. The first-order chi connectivity index (χ1) is 12.2. The van der Waals surface area contributed by atoms with Crippen molar-refractivity contribution in [1.82, 2.24) is 10.2 Å². The topological polar surface area (TPSA) is 55.3 Å². The van der Waals surface area contributed by atoms with Gasteiger partial charge in [-0.3, -0.25) is 4.99 Å². The highest BCUT2D eigenvalue weighted by Gasteiger charge is 2.21. The normalized spacial score (nSPS) is 17.3. The molecule has 0 bridgehead atoms. The van der Waals surface area contributed by atoms with Crippen LogP contribution in [0.5, 0.6) is 17.2 Å². The minimum atomic E-state index is 0. The number of halogens is 1. The zero-order valence-corrected chi connectivity index (χ0v) is 19.4. The van der Waals surface area contributed by atoms with Crippen LogP contribution in [0.25, 0.3) is 0 Å². The number of thioether (sulfide) groups is 1. The van der Waals surface area contributed by atoms with Gasteiger partial charge >= 0.3 is 0 Å². The van der Waals surface area contributed by atoms with Crippen molar-refractivity contribution in [3.8, 4) is 17.2 Å². The highest BCUT2D eigenvalue weighted by Crippen LogP contribution is 2.34. The summed E-state index contributed by atoms with van der Waals surface area (Å²) in [6, 6.07) is 3.79. The number of hydrogen-bond acceptors (Lipinski definition) is 5. The zero-order valence-electron chi connectivity index (χ0n) is 16.2. The first-order valence-electron chi connectivity index (χ1n) is 8.52. The Morgan fingerprint density at radius 3 is 2.42 bits per heavy atom. The Hall–Kier alpha value is -1.03. The van der Waals surface area contributed by atoms with Crippen molar-refractivity contribution in [3.63, 3.8) is 0 Å². The Kier molecular flexibility index (Phi) is 10.3. The molecule has 1 aromatic carbocycles. The minimum Gasteiger partial charge on any atom is -0.496 e. The lowest BCUT2D eigenvalue weighted by Gasteiger charge is -2.34. The molecule has 1 unspecified atom stereocenters. The van der Waals surface area contributed by atoms with Crippen molar-refractivity contribution in [2.75, 3.05) is 47.2 Å². The van der Waals surface area contributed by atoms with Gasteiger partial charge in [-0.05, 0) is 12.5 Å². The van der Waals surface area contributed by atoms with E-state index in [2.05, 4.69) is 22.1 Å². The Morgan fingerprint density at radius 1 is 1.19 bits per heavy atom. The fourth-order valence-electron chi connectivity index (χ4n) is 2.90. The largest absolute Gasteiger partial charge is 0.496 e. The highest BCUT2D eigenvalue weighted by atomic mass is 127. The van der Waals surface area contributed by atoms with Crippen LogP contribution in [0.1, 0.15) is 18.9 Å². The van der Waals surface area contributed by atoms with E-state index in [9.17, 15) is 0 Å². The molecule has 1 aliphatic rings. The second kappa shape index (κ2) is 11.6. The molecule has 0 spiro atoms. The SMILES string of the molecule is CCC1CN(C(=NC)NCc2cc(OC)c(OC)cc2OC)CCS1.I. The lowest BCUT2D eigenvalue weighted by atomic mass is 10.1. The average Bonchev–Trinajstić information content (AvgIpc) is 2.67. The molecule has 8 heteroatoms. The fourth-order valence-corrected chi connectivity index (χ4v) is 4.08. The number of nitrogens with one attached hydrogen (secondary N) is 1. The van der Waals surface area contributed by atoms with Gasteiger partial charge in [-0.2, -0.15) is 11.8 Å². The summed E-state index contributed by atoms with van der Waals surface area (Å²) in [5, 5.41) is 4.12. The molecule has 26 heavy (non-hydrogen) atoms. The molecule has 1 N–H and O–H groups in total. The van der Waals surface area contributed by atoms with E-state index in [0.717, 1.165) is 36.1 Å². The van der Waals surface area contributed by atoms with Gasteiger partial charge < -0.3 is 24.4 Å². The van der Waals surface area contributed by atoms with E-state index in [1.807, 2.05) is 30.9 Å². The molecule has 0 aromatic heterocycles. The van der Waals surface area contributed by atoms with Crippen molar-refractivity contribution in [2.24, 2.45) is 4.99 Å². The van der Waals surface area contributed by atoms with Crippen molar-refractivity contribution < 1.29 is 14.2 Å². The van der Waals surface area contributed by atoms with Crippen molar-refractivity contribution in [2.45, 2.75) is 25.1 Å². The van der Waals surface area contributed by atoms with Crippen LogP contribution >= 0.6 is 35.7 Å². The molecule has 1 aliphatic heterocycles. The quantitative estimate of drug-likeness (QED) is 0.372. The second-order valence-corrected chi connectivity index (χ2v) is 7.18. The van der Waals surface area contributed by atoms with Crippen LogP contribution in [0.3, 0.4) is 0 Å².